The van der Waals surface area contributed by atoms with Crippen molar-refractivity contribution >= 4 is 11.6 Å². The van der Waals surface area contributed by atoms with Crippen LogP contribution in [0.3, 0.4) is 0 Å². The lowest BCUT2D eigenvalue weighted by atomic mass is 9.93. The summed E-state index contributed by atoms with van der Waals surface area (Å²) in [5.41, 5.74) is 0. The topological polar surface area (TPSA) is 34.1 Å². The SMILES string of the molecule is C/C=C\C(CCCCCCCCCCCCCCC(C)=O)CCCCCCCCCCCCCCC(C)=O. The molecule has 0 saturated carbocycles. The minimum absolute atomic E-state index is 0.344. The summed E-state index contributed by atoms with van der Waals surface area (Å²) in [6.07, 6.45) is 41.7. The van der Waals surface area contributed by atoms with Gasteiger partial charge in [0, 0.05) is 12.8 Å². The molecular weight excluding hydrogens is 464 g/mol. The molecule has 0 radical (unpaired) electrons. The predicted molar refractivity (Wildman–Crippen MR) is 169 cm³/mol. The van der Waals surface area contributed by atoms with E-state index in [4.69, 9.17) is 0 Å². The van der Waals surface area contributed by atoms with Gasteiger partial charge in [-0.15, -0.1) is 0 Å². The number of carbonyl (C=O) groups is 2. The molecule has 0 fully saturated rings. The molecule has 0 spiro atoms. The van der Waals surface area contributed by atoms with E-state index in [1.165, 1.54) is 154 Å². The number of carbonyl (C=O) groups excluding carboxylic acids is 2. The fourth-order valence-corrected chi connectivity index (χ4v) is 5.71. The van der Waals surface area contributed by atoms with Crippen LogP contribution < -0.4 is 0 Å². The van der Waals surface area contributed by atoms with Crippen LogP contribution in [0.15, 0.2) is 12.2 Å². The van der Waals surface area contributed by atoms with Crippen LogP contribution in [0.1, 0.15) is 201 Å². The number of rotatable bonds is 31. The minimum atomic E-state index is 0.344. The Morgan fingerprint density at radius 3 is 0.895 bits per heavy atom. The van der Waals surface area contributed by atoms with Crippen LogP contribution in [0.25, 0.3) is 0 Å². The van der Waals surface area contributed by atoms with Crippen molar-refractivity contribution in [2.45, 2.75) is 201 Å². The van der Waals surface area contributed by atoms with Gasteiger partial charge in [0.05, 0.1) is 0 Å². The molecule has 0 rings (SSSR count). The molecule has 2 heteroatoms. The first kappa shape index (κ1) is 37.1. The summed E-state index contributed by atoms with van der Waals surface area (Å²) in [5.74, 6) is 1.50. The van der Waals surface area contributed by atoms with Crippen molar-refractivity contribution in [3.63, 3.8) is 0 Å². The Hall–Kier alpha value is -0.920. The first-order valence-electron chi connectivity index (χ1n) is 17.2. The summed E-state index contributed by atoms with van der Waals surface area (Å²) in [7, 11) is 0. The molecule has 0 amide bonds. The number of hydrogen-bond donors (Lipinski definition) is 0. The largest absolute Gasteiger partial charge is 0.300 e. The molecular formula is C36H68O2. The van der Waals surface area contributed by atoms with Crippen molar-refractivity contribution in [2.75, 3.05) is 0 Å². The third-order valence-corrected chi connectivity index (χ3v) is 8.17. The molecule has 0 aromatic heterocycles. The average Bonchev–Trinajstić information content (AvgIpc) is 2.88. The number of ketones is 2. The summed E-state index contributed by atoms with van der Waals surface area (Å²) in [6, 6.07) is 0. The summed E-state index contributed by atoms with van der Waals surface area (Å²) in [5, 5.41) is 0. The molecule has 224 valence electrons. The Balaban J connectivity index is 3.41. The highest BCUT2D eigenvalue weighted by atomic mass is 16.1. The van der Waals surface area contributed by atoms with E-state index < -0.39 is 0 Å². The van der Waals surface area contributed by atoms with E-state index in [1.54, 1.807) is 13.8 Å². The molecule has 0 saturated heterocycles. The molecule has 0 heterocycles. The molecule has 0 aromatic carbocycles. The van der Waals surface area contributed by atoms with Gasteiger partial charge < -0.3 is 9.59 Å². The van der Waals surface area contributed by atoms with Gasteiger partial charge in [-0.25, -0.2) is 0 Å². The van der Waals surface area contributed by atoms with E-state index in [1.807, 2.05) is 0 Å². The Kier molecular flexibility index (Phi) is 29.9. The summed E-state index contributed by atoms with van der Waals surface area (Å²) >= 11 is 0. The molecule has 0 aliphatic rings. The molecule has 0 aliphatic heterocycles. The van der Waals surface area contributed by atoms with Gasteiger partial charge in [0.15, 0.2) is 0 Å². The van der Waals surface area contributed by atoms with Crippen LogP contribution in [0.4, 0.5) is 0 Å². The normalized spacial score (nSPS) is 11.7. The third-order valence-electron chi connectivity index (χ3n) is 8.17. The Morgan fingerprint density at radius 2 is 0.658 bits per heavy atom. The quantitative estimate of drug-likeness (QED) is 0.0657. The van der Waals surface area contributed by atoms with E-state index in [-0.39, 0.29) is 0 Å². The van der Waals surface area contributed by atoms with Gasteiger partial charge in [0.1, 0.15) is 11.6 Å². The first-order valence-corrected chi connectivity index (χ1v) is 17.2. The van der Waals surface area contributed by atoms with Gasteiger partial charge in [0.2, 0.25) is 0 Å². The zero-order valence-corrected chi connectivity index (χ0v) is 26.3. The Labute approximate surface area is 239 Å². The van der Waals surface area contributed by atoms with E-state index in [0.29, 0.717) is 11.6 Å². The standard InChI is InChI=1S/C36H68O2/c1-4-29-36(32-27-23-19-15-11-7-5-9-13-17-21-25-30-34(2)37)33-28-24-20-16-12-8-6-10-14-18-22-26-31-35(3)38/h4,29,36H,5-28,30-33H2,1-3H3/b29-4-. The van der Waals surface area contributed by atoms with Crippen LogP contribution in [-0.4, -0.2) is 11.6 Å². The second-order valence-electron chi connectivity index (χ2n) is 12.3. The molecule has 0 N–H and O–H groups in total. The minimum Gasteiger partial charge on any atom is -0.300 e. The van der Waals surface area contributed by atoms with Gasteiger partial charge in [-0.1, -0.05) is 153 Å². The van der Waals surface area contributed by atoms with E-state index in [2.05, 4.69) is 19.1 Å². The molecule has 0 aliphatic carbocycles. The smallest absolute Gasteiger partial charge is 0.129 e. The second-order valence-corrected chi connectivity index (χ2v) is 12.3. The van der Waals surface area contributed by atoms with Crippen LogP contribution in [-0.2, 0) is 9.59 Å². The zero-order chi connectivity index (χ0) is 27.9. The lowest BCUT2D eigenvalue weighted by Gasteiger charge is -2.12. The van der Waals surface area contributed by atoms with Crippen LogP contribution >= 0.6 is 0 Å². The Bertz CT molecular complexity index is 493. The fraction of sp³-hybridized carbons (Fsp3) is 0.889. The Morgan fingerprint density at radius 1 is 0.421 bits per heavy atom. The highest BCUT2D eigenvalue weighted by Gasteiger charge is 2.05. The van der Waals surface area contributed by atoms with E-state index in [9.17, 15) is 9.59 Å². The van der Waals surface area contributed by atoms with E-state index in [0.717, 1.165) is 31.6 Å². The number of unbranched alkanes of at least 4 members (excludes halogenated alkanes) is 22. The van der Waals surface area contributed by atoms with E-state index >= 15 is 0 Å². The molecule has 0 bridgehead atoms. The number of hydrogen-bond acceptors (Lipinski definition) is 2. The first-order chi connectivity index (χ1) is 18.6. The predicted octanol–water partition coefficient (Wildman–Crippen LogP) is 12.3. The van der Waals surface area contributed by atoms with Crippen LogP contribution in [0.2, 0.25) is 0 Å². The average molecular weight is 533 g/mol. The summed E-state index contributed by atoms with van der Waals surface area (Å²) < 4.78 is 0. The van der Waals surface area contributed by atoms with Gasteiger partial charge >= 0.3 is 0 Å². The molecule has 2 nitrogen and oxygen atoms in total. The summed E-state index contributed by atoms with van der Waals surface area (Å²) in [6.45, 7) is 5.60. The molecule has 0 aromatic rings. The zero-order valence-electron chi connectivity index (χ0n) is 26.3. The highest BCUT2D eigenvalue weighted by molar-refractivity contribution is 5.75. The molecule has 38 heavy (non-hydrogen) atoms. The van der Waals surface area contributed by atoms with Crippen LogP contribution in [0, 0.1) is 5.92 Å². The van der Waals surface area contributed by atoms with Crippen molar-refractivity contribution in [3.05, 3.63) is 12.2 Å². The van der Waals surface area contributed by atoms with Gasteiger partial charge in [-0.2, -0.15) is 0 Å². The second kappa shape index (κ2) is 30.6. The fourth-order valence-electron chi connectivity index (χ4n) is 5.71. The van der Waals surface area contributed by atoms with Crippen LogP contribution in [0.5, 0.6) is 0 Å². The number of allylic oxidation sites excluding steroid dienone is 2. The summed E-state index contributed by atoms with van der Waals surface area (Å²) in [4.78, 5) is 21.9. The third kappa shape index (κ3) is 31.3. The monoisotopic (exact) mass is 533 g/mol. The van der Waals surface area contributed by atoms with Gasteiger partial charge in [0.25, 0.3) is 0 Å². The molecule has 0 unspecified atom stereocenters. The van der Waals surface area contributed by atoms with Crippen molar-refractivity contribution in [2.24, 2.45) is 5.92 Å². The van der Waals surface area contributed by atoms with Crippen molar-refractivity contribution in [1.29, 1.82) is 0 Å². The maximum Gasteiger partial charge on any atom is 0.129 e. The van der Waals surface area contributed by atoms with Gasteiger partial charge in [-0.3, -0.25) is 0 Å². The van der Waals surface area contributed by atoms with Crippen molar-refractivity contribution in [1.82, 2.24) is 0 Å². The van der Waals surface area contributed by atoms with Crippen molar-refractivity contribution < 1.29 is 9.59 Å². The maximum absolute atomic E-state index is 10.9. The highest BCUT2D eigenvalue weighted by Crippen LogP contribution is 2.21. The number of Topliss-reactive ketones (excluding diaryl/α,β-unsaturated/α-hetero) is 2. The van der Waals surface area contributed by atoms with Crippen molar-refractivity contribution in [3.8, 4) is 0 Å². The lowest BCUT2D eigenvalue weighted by Crippen LogP contribution is -1.97. The maximum atomic E-state index is 10.9. The molecule has 0 atom stereocenters. The lowest BCUT2D eigenvalue weighted by molar-refractivity contribution is -0.117. The van der Waals surface area contributed by atoms with Gasteiger partial charge in [-0.05, 0) is 52.4 Å².